The van der Waals surface area contributed by atoms with Crippen LogP contribution >= 0.6 is 23.1 Å². The first-order valence-electron chi connectivity index (χ1n) is 9.71. The molecule has 1 fully saturated rings. The molecule has 1 atom stereocenters. The zero-order valence-electron chi connectivity index (χ0n) is 16.4. The van der Waals surface area contributed by atoms with Gasteiger partial charge in [0.15, 0.2) is 5.13 Å². The number of thioether (sulfide) groups is 1. The fourth-order valence-electron chi connectivity index (χ4n) is 3.32. The molecule has 29 heavy (non-hydrogen) atoms. The molecule has 152 valence electrons. The van der Waals surface area contributed by atoms with Crippen LogP contribution in [0, 0.1) is 0 Å². The Hall–Kier alpha value is -2.09. The van der Waals surface area contributed by atoms with Crippen LogP contribution in [0.2, 0.25) is 0 Å². The zero-order chi connectivity index (χ0) is 20.1. The van der Waals surface area contributed by atoms with Crippen LogP contribution in [0.25, 0.3) is 10.2 Å². The molecule has 1 aliphatic rings. The standard InChI is InChI=1S/C22H24N2O3S2/c1-26-17-9-10-20-19(12-17)23-22(29-20)24(13-18-8-5-11-27-18)21(25)15-28-14-16-6-3-2-4-7-16/h2-4,6-7,9-10,12,18H,5,8,11,13-15H2,1H3. The van der Waals surface area contributed by atoms with Gasteiger partial charge in [-0.3, -0.25) is 9.69 Å². The Labute approximate surface area is 179 Å². The Morgan fingerprint density at radius 3 is 2.93 bits per heavy atom. The predicted molar refractivity (Wildman–Crippen MR) is 120 cm³/mol. The van der Waals surface area contributed by atoms with Crippen LogP contribution in [0.3, 0.4) is 0 Å². The van der Waals surface area contributed by atoms with Crippen molar-refractivity contribution in [3.05, 3.63) is 54.1 Å². The lowest BCUT2D eigenvalue weighted by molar-refractivity contribution is -0.116. The van der Waals surface area contributed by atoms with E-state index in [-0.39, 0.29) is 12.0 Å². The van der Waals surface area contributed by atoms with Gasteiger partial charge in [-0.15, -0.1) is 11.8 Å². The van der Waals surface area contributed by atoms with Crippen LogP contribution in [0.4, 0.5) is 5.13 Å². The number of benzene rings is 2. The molecule has 0 aliphatic carbocycles. The summed E-state index contributed by atoms with van der Waals surface area (Å²) in [5.74, 6) is 2.08. The quantitative estimate of drug-likeness (QED) is 0.518. The van der Waals surface area contributed by atoms with Crippen LogP contribution in [0.1, 0.15) is 18.4 Å². The van der Waals surface area contributed by atoms with Gasteiger partial charge in [0.25, 0.3) is 0 Å². The molecule has 0 bridgehead atoms. The monoisotopic (exact) mass is 428 g/mol. The first kappa shape index (κ1) is 20.2. The number of hydrogen-bond acceptors (Lipinski definition) is 6. The summed E-state index contributed by atoms with van der Waals surface area (Å²) in [5, 5.41) is 0.731. The number of rotatable bonds is 8. The van der Waals surface area contributed by atoms with Crippen LogP contribution in [0.5, 0.6) is 5.75 Å². The number of carbonyl (C=O) groups is 1. The molecule has 7 heteroatoms. The smallest absolute Gasteiger partial charge is 0.238 e. The first-order valence-corrected chi connectivity index (χ1v) is 11.7. The Morgan fingerprint density at radius 1 is 1.31 bits per heavy atom. The highest BCUT2D eigenvalue weighted by atomic mass is 32.2. The largest absolute Gasteiger partial charge is 0.497 e. The van der Waals surface area contributed by atoms with Crippen molar-refractivity contribution >= 4 is 44.4 Å². The number of methoxy groups -OCH3 is 1. The second kappa shape index (κ2) is 9.61. The number of ether oxygens (including phenoxy) is 2. The summed E-state index contributed by atoms with van der Waals surface area (Å²) >= 11 is 3.17. The molecule has 0 radical (unpaired) electrons. The van der Waals surface area contributed by atoms with Gasteiger partial charge in [0.2, 0.25) is 5.91 Å². The lowest BCUT2D eigenvalue weighted by Crippen LogP contribution is -2.38. The molecule has 3 aromatic rings. The van der Waals surface area contributed by atoms with E-state index in [1.165, 1.54) is 16.9 Å². The average Bonchev–Trinajstić information content (AvgIpc) is 3.41. The number of amides is 1. The number of carbonyl (C=O) groups excluding carboxylic acids is 1. The molecule has 1 saturated heterocycles. The van der Waals surface area contributed by atoms with Gasteiger partial charge < -0.3 is 9.47 Å². The van der Waals surface area contributed by atoms with Gasteiger partial charge in [-0.2, -0.15) is 0 Å². The second-order valence-electron chi connectivity index (χ2n) is 6.95. The maximum absolute atomic E-state index is 13.1. The lowest BCUT2D eigenvalue weighted by atomic mass is 10.2. The SMILES string of the molecule is COc1ccc2sc(N(CC3CCCO3)C(=O)CSCc3ccccc3)nc2c1. The average molecular weight is 429 g/mol. The van der Waals surface area contributed by atoms with Gasteiger partial charge in [0, 0.05) is 18.4 Å². The number of hydrogen-bond donors (Lipinski definition) is 0. The van der Waals surface area contributed by atoms with E-state index < -0.39 is 0 Å². The van der Waals surface area contributed by atoms with E-state index in [9.17, 15) is 4.79 Å². The molecule has 2 aromatic carbocycles. The summed E-state index contributed by atoms with van der Waals surface area (Å²) in [6.07, 6.45) is 2.12. The first-order chi connectivity index (χ1) is 14.2. The molecule has 1 unspecified atom stereocenters. The molecular weight excluding hydrogens is 404 g/mol. The summed E-state index contributed by atoms with van der Waals surface area (Å²) in [6.45, 7) is 1.33. The van der Waals surface area contributed by atoms with E-state index in [2.05, 4.69) is 12.1 Å². The van der Waals surface area contributed by atoms with Crippen molar-refractivity contribution < 1.29 is 14.3 Å². The molecule has 1 aliphatic heterocycles. The predicted octanol–water partition coefficient (Wildman–Crippen LogP) is 4.75. The lowest BCUT2D eigenvalue weighted by Gasteiger charge is -2.23. The van der Waals surface area contributed by atoms with Crippen molar-refractivity contribution in [3.8, 4) is 5.75 Å². The van der Waals surface area contributed by atoms with Crippen molar-refractivity contribution in [2.45, 2.75) is 24.7 Å². The second-order valence-corrected chi connectivity index (χ2v) is 8.94. The highest BCUT2D eigenvalue weighted by Crippen LogP contribution is 2.32. The normalized spacial score (nSPS) is 16.2. The maximum atomic E-state index is 13.1. The summed E-state index contributed by atoms with van der Waals surface area (Å²) in [7, 11) is 1.64. The summed E-state index contributed by atoms with van der Waals surface area (Å²) < 4.78 is 12.1. The number of fused-ring (bicyclic) bond motifs is 1. The highest BCUT2D eigenvalue weighted by molar-refractivity contribution is 7.99. The van der Waals surface area contributed by atoms with Gasteiger partial charge in [-0.05, 0) is 30.5 Å². The van der Waals surface area contributed by atoms with Gasteiger partial charge in [-0.1, -0.05) is 41.7 Å². The van der Waals surface area contributed by atoms with Crippen molar-refractivity contribution in [1.29, 1.82) is 0 Å². The molecule has 0 spiro atoms. The molecule has 4 rings (SSSR count). The van der Waals surface area contributed by atoms with E-state index in [1.54, 1.807) is 18.9 Å². The Morgan fingerprint density at radius 2 is 2.17 bits per heavy atom. The van der Waals surface area contributed by atoms with Crippen molar-refractivity contribution in [3.63, 3.8) is 0 Å². The third-order valence-corrected chi connectivity index (χ3v) is 6.91. The van der Waals surface area contributed by atoms with E-state index in [4.69, 9.17) is 14.5 Å². The molecule has 0 N–H and O–H groups in total. The van der Waals surface area contributed by atoms with E-state index in [0.29, 0.717) is 12.3 Å². The van der Waals surface area contributed by atoms with Crippen LogP contribution in [-0.4, -0.2) is 43.0 Å². The van der Waals surface area contributed by atoms with Crippen molar-refractivity contribution in [2.75, 3.05) is 30.9 Å². The van der Waals surface area contributed by atoms with Gasteiger partial charge >= 0.3 is 0 Å². The Kier molecular flexibility index (Phi) is 6.69. The topological polar surface area (TPSA) is 51.7 Å². The maximum Gasteiger partial charge on any atom is 0.238 e. The van der Waals surface area contributed by atoms with E-state index in [1.807, 2.05) is 41.3 Å². The van der Waals surface area contributed by atoms with Crippen LogP contribution in [0.15, 0.2) is 48.5 Å². The van der Waals surface area contributed by atoms with E-state index in [0.717, 1.165) is 46.3 Å². The number of anilines is 1. The molecule has 1 amide bonds. The summed E-state index contributed by atoms with van der Waals surface area (Å²) in [6, 6.07) is 16.1. The van der Waals surface area contributed by atoms with Crippen molar-refractivity contribution in [2.24, 2.45) is 0 Å². The molecule has 1 aromatic heterocycles. The minimum atomic E-state index is 0.0763. The van der Waals surface area contributed by atoms with Gasteiger partial charge in [0.1, 0.15) is 5.75 Å². The van der Waals surface area contributed by atoms with Gasteiger partial charge in [-0.25, -0.2) is 4.98 Å². The summed E-state index contributed by atoms with van der Waals surface area (Å²) in [5.41, 5.74) is 2.08. The molecule has 2 heterocycles. The zero-order valence-corrected chi connectivity index (χ0v) is 18.0. The molecular formula is C22H24N2O3S2. The third-order valence-electron chi connectivity index (χ3n) is 4.86. The van der Waals surface area contributed by atoms with Crippen LogP contribution in [-0.2, 0) is 15.3 Å². The number of thiazole rings is 1. The molecule has 5 nitrogen and oxygen atoms in total. The third kappa shape index (κ3) is 5.10. The molecule has 0 saturated carbocycles. The highest BCUT2D eigenvalue weighted by Gasteiger charge is 2.26. The Balaban J connectivity index is 1.50. The van der Waals surface area contributed by atoms with Crippen LogP contribution < -0.4 is 9.64 Å². The number of nitrogens with zero attached hydrogens (tertiary/aromatic N) is 2. The number of aromatic nitrogens is 1. The Bertz CT molecular complexity index is 955. The summed E-state index contributed by atoms with van der Waals surface area (Å²) in [4.78, 5) is 19.7. The van der Waals surface area contributed by atoms with Gasteiger partial charge in [0.05, 0.1) is 35.7 Å². The fourth-order valence-corrected chi connectivity index (χ4v) is 5.16. The minimum absolute atomic E-state index is 0.0763. The minimum Gasteiger partial charge on any atom is -0.497 e. The van der Waals surface area contributed by atoms with Crippen molar-refractivity contribution in [1.82, 2.24) is 4.98 Å². The van der Waals surface area contributed by atoms with E-state index >= 15 is 0 Å². The fraction of sp³-hybridized carbons (Fsp3) is 0.364.